The van der Waals surface area contributed by atoms with Crippen molar-refractivity contribution >= 4 is 11.9 Å². The molecule has 0 aromatic carbocycles. The Bertz CT molecular complexity index is 405. The molecular weight excluding hydrogens is 246 g/mol. The zero-order valence-electron chi connectivity index (χ0n) is 11.5. The fourth-order valence-corrected chi connectivity index (χ4v) is 2.02. The molecule has 1 aliphatic rings. The van der Waals surface area contributed by atoms with Crippen LogP contribution in [0.3, 0.4) is 0 Å². The summed E-state index contributed by atoms with van der Waals surface area (Å²) in [6.45, 7) is 6.96. The van der Waals surface area contributed by atoms with Gasteiger partial charge in [-0.25, -0.2) is 0 Å². The van der Waals surface area contributed by atoms with Crippen LogP contribution in [0.4, 0.5) is 11.9 Å². The molecule has 0 aliphatic carbocycles. The van der Waals surface area contributed by atoms with Gasteiger partial charge in [-0.05, 0) is 26.7 Å². The first-order chi connectivity index (χ1) is 9.22. The number of ether oxygens (including phenoxy) is 2. The van der Waals surface area contributed by atoms with Gasteiger partial charge >= 0.3 is 6.01 Å². The smallest absolute Gasteiger partial charge is 0.323 e. The first-order valence-electron chi connectivity index (χ1n) is 6.73. The van der Waals surface area contributed by atoms with E-state index in [1.807, 2.05) is 18.7 Å². The molecule has 2 heterocycles. The SMILES string of the molecule is CCN(CC)c1nc(N)nc(OCC2CCCO2)n1. The topological polar surface area (TPSA) is 86.4 Å². The highest BCUT2D eigenvalue weighted by atomic mass is 16.5. The van der Waals surface area contributed by atoms with Gasteiger partial charge in [0.25, 0.3) is 0 Å². The second kappa shape index (κ2) is 6.51. The summed E-state index contributed by atoms with van der Waals surface area (Å²) in [6, 6.07) is 0.268. The largest absolute Gasteiger partial charge is 0.461 e. The molecular formula is C12H21N5O2. The lowest BCUT2D eigenvalue weighted by atomic mass is 10.2. The van der Waals surface area contributed by atoms with E-state index in [9.17, 15) is 0 Å². The average Bonchev–Trinajstić information content (AvgIpc) is 2.90. The van der Waals surface area contributed by atoms with Crippen LogP contribution >= 0.6 is 0 Å². The van der Waals surface area contributed by atoms with Crippen LogP contribution in [0.2, 0.25) is 0 Å². The Balaban J connectivity index is 2.03. The Labute approximate surface area is 113 Å². The third-order valence-electron chi connectivity index (χ3n) is 3.09. The molecule has 1 fully saturated rings. The van der Waals surface area contributed by atoms with Crippen molar-refractivity contribution in [1.29, 1.82) is 0 Å². The van der Waals surface area contributed by atoms with E-state index in [1.54, 1.807) is 0 Å². The maximum Gasteiger partial charge on any atom is 0.323 e. The minimum absolute atomic E-state index is 0.134. The summed E-state index contributed by atoms with van der Waals surface area (Å²) in [6.07, 6.45) is 2.23. The summed E-state index contributed by atoms with van der Waals surface area (Å²) < 4.78 is 11.0. The predicted molar refractivity (Wildman–Crippen MR) is 72.3 cm³/mol. The van der Waals surface area contributed by atoms with Crippen LogP contribution in [0.5, 0.6) is 6.01 Å². The molecule has 0 radical (unpaired) electrons. The lowest BCUT2D eigenvalue weighted by Gasteiger charge is -2.19. The summed E-state index contributed by atoms with van der Waals surface area (Å²) in [5.74, 6) is 0.735. The van der Waals surface area contributed by atoms with E-state index >= 15 is 0 Å². The van der Waals surface area contributed by atoms with Gasteiger partial charge in [0.2, 0.25) is 11.9 Å². The van der Waals surface area contributed by atoms with Crippen LogP contribution in [0.25, 0.3) is 0 Å². The predicted octanol–water partition coefficient (Wildman–Crippen LogP) is 0.858. The van der Waals surface area contributed by atoms with Gasteiger partial charge in [-0.3, -0.25) is 0 Å². The van der Waals surface area contributed by atoms with E-state index in [4.69, 9.17) is 15.2 Å². The highest BCUT2D eigenvalue weighted by molar-refractivity contribution is 5.35. The first kappa shape index (κ1) is 13.8. The third kappa shape index (κ3) is 3.66. The average molecular weight is 267 g/mol. The van der Waals surface area contributed by atoms with Gasteiger partial charge in [0.05, 0.1) is 6.10 Å². The summed E-state index contributed by atoms with van der Waals surface area (Å²) in [4.78, 5) is 14.4. The molecule has 2 N–H and O–H groups in total. The van der Waals surface area contributed by atoms with E-state index < -0.39 is 0 Å². The van der Waals surface area contributed by atoms with Crippen molar-refractivity contribution in [2.45, 2.75) is 32.8 Å². The highest BCUT2D eigenvalue weighted by Crippen LogP contribution is 2.16. The minimum atomic E-state index is 0.134. The zero-order chi connectivity index (χ0) is 13.7. The normalized spacial score (nSPS) is 18.5. The van der Waals surface area contributed by atoms with E-state index in [0.29, 0.717) is 12.6 Å². The van der Waals surface area contributed by atoms with Crippen molar-refractivity contribution in [1.82, 2.24) is 15.0 Å². The van der Waals surface area contributed by atoms with Crippen LogP contribution in [-0.2, 0) is 4.74 Å². The molecule has 1 aliphatic heterocycles. The maximum absolute atomic E-state index is 5.69. The first-order valence-corrected chi connectivity index (χ1v) is 6.73. The Kier molecular flexibility index (Phi) is 4.73. The second-order valence-electron chi connectivity index (χ2n) is 4.39. The maximum atomic E-state index is 5.69. The number of nitrogens with zero attached hydrogens (tertiary/aromatic N) is 4. The molecule has 1 atom stereocenters. The third-order valence-corrected chi connectivity index (χ3v) is 3.09. The van der Waals surface area contributed by atoms with Gasteiger partial charge in [0.15, 0.2) is 0 Å². The monoisotopic (exact) mass is 267 g/mol. The number of nitrogen functional groups attached to an aromatic ring is 1. The molecule has 1 aromatic heterocycles. The van der Waals surface area contributed by atoms with Crippen LogP contribution in [0.15, 0.2) is 0 Å². The number of anilines is 2. The van der Waals surface area contributed by atoms with Gasteiger partial charge in [0, 0.05) is 19.7 Å². The lowest BCUT2D eigenvalue weighted by Crippen LogP contribution is -2.25. The summed E-state index contributed by atoms with van der Waals surface area (Å²) in [5.41, 5.74) is 5.69. The van der Waals surface area contributed by atoms with Crippen molar-refractivity contribution in [2.75, 3.05) is 36.9 Å². The van der Waals surface area contributed by atoms with E-state index in [1.165, 1.54) is 0 Å². The molecule has 1 saturated heterocycles. The Morgan fingerprint density at radius 1 is 1.32 bits per heavy atom. The zero-order valence-corrected chi connectivity index (χ0v) is 11.5. The van der Waals surface area contributed by atoms with Gasteiger partial charge < -0.3 is 20.1 Å². The molecule has 0 saturated carbocycles. The molecule has 7 nitrogen and oxygen atoms in total. The van der Waals surface area contributed by atoms with Gasteiger partial charge in [-0.2, -0.15) is 15.0 Å². The van der Waals surface area contributed by atoms with E-state index in [0.717, 1.165) is 32.5 Å². The highest BCUT2D eigenvalue weighted by Gasteiger charge is 2.17. The van der Waals surface area contributed by atoms with Crippen molar-refractivity contribution < 1.29 is 9.47 Å². The van der Waals surface area contributed by atoms with Crippen LogP contribution < -0.4 is 15.4 Å². The van der Waals surface area contributed by atoms with Crippen molar-refractivity contribution in [3.63, 3.8) is 0 Å². The summed E-state index contributed by atoms with van der Waals surface area (Å²) in [5, 5.41) is 0. The number of hydrogen-bond acceptors (Lipinski definition) is 7. The Hall–Kier alpha value is -1.63. The molecule has 7 heteroatoms. The number of nitrogens with two attached hydrogens (primary N) is 1. The van der Waals surface area contributed by atoms with Crippen LogP contribution in [0, 0.1) is 0 Å². The lowest BCUT2D eigenvalue weighted by molar-refractivity contribution is 0.0645. The van der Waals surface area contributed by atoms with Crippen LogP contribution in [-0.4, -0.2) is 47.4 Å². The molecule has 19 heavy (non-hydrogen) atoms. The molecule has 106 valence electrons. The van der Waals surface area contributed by atoms with Crippen molar-refractivity contribution in [3.05, 3.63) is 0 Å². The van der Waals surface area contributed by atoms with Crippen molar-refractivity contribution in [3.8, 4) is 6.01 Å². The van der Waals surface area contributed by atoms with Crippen LogP contribution in [0.1, 0.15) is 26.7 Å². The quantitative estimate of drug-likeness (QED) is 0.817. The molecule has 0 amide bonds. The number of aromatic nitrogens is 3. The summed E-state index contributed by atoms with van der Waals surface area (Å²) >= 11 is 0. The molecule has 0 spiro atoms. The molecule has 1 aromatic rings. The fraction of sp³-hybridized carbons (Fsp3) is 0.750. The minimum Gasteiger partial charge on any atom is -0.461 e. The molecule has 2 rings (SSSR count). The van der Waals surface area contributed by atoms with Crippen molar-refractivity contribution in [2.24, 2.45) is 0 Å². The second-order valence-corrected chi connectivity index (χ2v) is 4.39. The Morgan fingerprint density at radius 2 is 2.11 bits per heavy atom. The van der Waals surface area contributed by atoms with Gasteiger partial charge in [-0.15, -0.1) is 0 Å². The van der Waals surface area contributed by atoms with E-state index in [-0.39, 0.29) is 18.1 Å². The number of rotatable bonds is 6. The molecule has 0 bridgehead atoms. The summed E-state index contributed by atoms with van der Waals surface area (Å²) in [7, 11) is 0. The fourth-order valence-electron chi connectivity index (χ4n) is 2.02. The molecule has 1 unspecified atom stereocenters. The Morgan fingerprint density at radius 3 is 2.74 bits per heavy atom. The number of hydrogen-bond donors (Lipinski definition) is 1. The van der Waals surface area contributed by atoms with Gasteiger partial charge in [0.1, 0.15) is 6.61 Å². The van der Waals surface area contributed by atoms with Gasteiger partial charge in [-0.1, -0.05) is 0 Å². The standard InChI is InChI=1S/C12H21N5O2/c1-3-17(4-2)11-14-10(13)15-12(16-11)19-8-9-6-5-7-18-9/h9H,3-8H2,1-2H3,(H2,13,14,15,16). The van der Waals surface area contributed by atoms with E-state index in [2.05, 4.69) is 15.0 Å².